The van der Waals surface area contributed by atoms with E-state index in [-0.39, 0.29) is 5.54 Å². The minimum atomic E-state index is -0.814. The molecule has 0 unspecified atom stereocenters. The molecule has 2 N–H and O–H groups in total. The number of ether oxygens (including phenoxy) is 1. The van der Waals surface area contributed by atoms with Crippen molar-refractivity contribution >= 4 is 5.97 Å². The number of carboxylic acids is 1. The Morgan fingerprint density at radius 1 is 1.41 bits per heavy atom. The van der Waals surface area contributed by atoms with Crippen LogP contribution in [0, 0.1) is 0 Å². The number of nitrogens with zero attached hydrogens (tertiary/aromatic N) is 1. The zero-order valence-electron chi connectivity index (χ0n) is 11.2. The highest BCUT2D eigenvalue weighted by atomic mass is 16.5. The topological polar surface area (TPSA) is 61.8 Å². The van der Waals surface area contributed by atoms with Crippen LogP contribution >= 0.6 is 0 Å². The molecule has 0 atom stereocenters. The number of rotatable bonds is 5. The summed E-state index contributed by atoms with van der Waals surface area (Å²) in [4.78, 5) is 13.5. The van der Waals surface area contributed by atoms with Gasteiger partial charge in [0.1, 0.15) is 5.54 Å². The third-order valence-corrected chi connectivity index (χ3v) is 3.83. The molecule has 0 spiro atoms. The first-order valence-corrected chi connectivity index (χ1v) is 6.04. The van der Waals surface area contributed by atoms with Crippen molar-refractivity contribution < 1.29 is 14.6 Å². The van der Waals surface area contributed by atoms with Crippen molar-refractivity contribution in [1.29, 1.82) is 0 Å². The highest BCUT2D eigenvalue weighted by Crippen LogP contribution is 2.22. The van der Waals surface area contributed by atoms with E-state index in [0.717, 1.165) is 0 Å². The van der Waals surface area contributed by atoms with Crippen LogP contribution in [-0.4, -0.2) is 60.9 Å². The lowest BCUT2D eigenvalue weighted by molar-refractivity contribution is -0.149. The van der Waals surface area contributed by atoms with Crippen LogP contribution in [0.5, 0.6) is 0 Å². The standard InChI is InChI=1S/C12H24N2O3/c1-11(2,14(3)4)9-13-12(10(15)16)5-7-17-8-6-12/h13H,5-9H2,1-4H3,(H,15,16). The molecule has 17 heavy (non-hydrogen) atoms. The van der Waals surface area contributed by atoms with Crippen LogP contribution in [0.4, 0.5) is 0 Å². The van der Waals surface area contributed by atoms with E-state index < -0.39 is 11.5 Å². The molecule has 1 rings (SSSR count). The Labute approximate surface area is 103 Å². The lowest BCUT2D eigenvalue weighted by Crippen LogP contribution is -2.60. The molecule has 1 heterocycles. The van der Waals surface area contributed by atoms with Crippen LogP contribution in [0.15, 0.2) is 0 Å². The summed E-state index contributed by atoms with van der Waals surface area (Å²) in [5.74, 6) is -0.768. The highest BCUT2D eigenvalue weighted by molar-refractivity contribution is 5.79. The molecule has 100 valence electrons. The van der Waals surface area contributed by atoms with E-state index >= 15 is 0 Å². The maximum Gasteiger partial charge on any atom is 0.324 e. The Balaban J connectivity index is 2.65. The first-order valence-electron chi connectivity index (χ1n) is 6.04. The molecule has 1 aliphatic heterocycles. The Hall–Kier alpha value is -0.650. The van der Waals surface area contributed by atoms with Gasteiger partial charge in [0.25, 0.3) is 0 Å². The van der Waals surface area contributed by atoms with Gasteiger partial charge in [0, 0.05) is 25.3 Å². The largest absolute Gasteiger partial charge is 0.480 e. The molecule has 0 radical (unpaired) electrons. The Kier molecular flexibility index (Phi) is 4.52. The molecule has 1 aliphatic rings. The zero-order chi connectivity index (χ0) is 13.1. The molecule has 1 saturated heterocycles. The van der Waals surface area contributed by atoms with Crippen molar-refractivity contribution in [2.45, 2.75) is 37.8 Å². The van der Waals surface area contributed by atoms with Gasteiger partial charge in [0.2, 0.25) is 0 Å². The molecule has 0 saturated carbocycles. The van der Waals surface area contributed by atoms with Crippen LogP contribution in [0.3, 0.4) is 0 Å². The molecule has 5 heteroatoms. The van der Waals surface area contributed by atoms with E-state index in [1.807, 2.05) is 14.1 Å². The third kappa shape index (κ3) is 3.40. The lowest BCUT2D eigenvalue weighted by Gasteiger charge is -2.39. The monoisotopic (exact) mass is 244 g/mol. The fourth-order valence-corrected chi connectivity index (χ4v) is 1.73. The number of hydrogen-bond acceptors (Lipinski definition) is 4. The maximum atomic E-state index is 11.4. The van der Waals surface area contributed by atoms with Gasteiger partial charge in [0.05, 0.1) is 0 Å². The average molecular weight is 244 g/mol. The summed E-state index contributed by atoms with van der Waals surface area (Å²) in [6.07, 6.45) is 1.07. The Bertz CT molecular complexity index is 271. The van der Waals surface area contributed by atoms with Crippen LogP contribution in [0.2, 0.25) is 0 Å². The number of carbonyl (C=O) groups is 1. The van der Waals surface area contributed by atoms with Crippen molar-refractivity contribution in [3.63, 3.8) is 0 Å². The summed E-state index contributed by atoms with van der Waals surface area (Å²) in [5.41, 5.74) is -0.883. The molecule has 0 bridgehead atoms. The summed E-state index contributed by atoms with van der Waals surface area (Å²) < 4.78 is 5.24. The molecule has 0 amide bonds. The predicted molar refractivity (Wildman–Crippen MR) is 66.2 cm³/mol. The van der Waals surface area contributed by atoms with Gasteiger partial charge in [0.15, 0.2) is 0 Å². The Morgan fingerprint density at radius 3 is 2.35 bits per heavy atom. The van der Waals surface area contributed by atoms with Gasteiger partial charge in [-0.25, -0.2) is 0 Å². The predicted octanol–water partition coefficient (Wildman–Crippen LogP) is 0.550. The SMILES string of the molecule is CN(C)C(C)(C)CNC1(C(=O)O)CCOCC1. The van der Waals surface area contributed by atoms with E-state index in [9.17, 15) is 9.90 Å². The van der Waals surface area contributed by atoms with Gasteiger partial charge in [-0.15, -0.1) is 0 Å². The minimum absolute atomic E-state index is 0.0687. The molecule has 0 aromatic heterocycles. The highest BCUT2D eigenvalue weighted by Gasteiger charge is 2.41. The molecular weight excluding hydrogens is 220 g/mol. The van der Waals surface area contributed by atoms with Gasteiger partial charge in [-0.3, -0.25) is 10.1 Å². The van der Waals surface area contributed by atoms with Gasteiger partial charge >= 0.3 is 5.97 Å². The first kappa shape index (κ1) is 14.4. The van der Waals surface area contributed by atoms with Crippen LogP contribution in [-0.2, 0) is 9.53 Å². The first-order chi connectivity index (χ1) is 7.80. The third-order valence-electron chi connectivity index (χ3n) is 3.83. The average Bonchev–Trinajstić information content (AvgIpc) is 2.27. The smallest absolute Gasteiger partial charge is 0.324 e. The van der Waals surface area contributed by atoms with Crippen molar-refractivity contribution in [3.8, 4) is 0 Å². The van der Waals surface area contributed by atoms with Gasteiger partial charge in [-0.1, -0.05) is 0 Å². The second kappa shape index (κ2) is 5.33. The second-order valence-corrected chi connectivity index (χ2v) is 5.56. The number of carboxylic acid groups (broad SMARTS) is 1. The second-order valence-electron chi connectivity index (χ2n) is 5.56. The number of likely N-dealkylation sites (N-methyl/N-ethyl adjacent to an activating group) is 1. The molecular formula is C12H24N2O3. The van der Waals surface area contributed by atoms with E-state index in [1.54, 1.807) is 0 Å². The van der Waals surface area contributed by atoms with Crippen LogP contribution in [0.1, 0.15) is 26.7 Å². The molecule has 0 aliphatic carbocycles. The summed E-state index contributed by atoms with van der Waals surface area (Å²) in [5, 5.41) is 12.6. The normalized spacial score (nSPS) is 20.5. The Morgan fingerprint density at radius 2 is 1.94 bits per heavy atom. The molecule has 0 aromatic rings. The lowest BCUT2D eigenvalue weighted by atomic mass is 9.89. The quantitative estimate of drug-likeness (QED) is 0.739. The summed E-state index contributed by atoms with van der Waals surface area (Å²) >= 11 is 0. The fraction of sp³-hybridized carbons (Fsp3) is 0.917. The molecule has 5 nitrogen and oxygen atoms in total. The van der Waals surface area contributed by atoms with E-state index in [4.69, 9.17) is 4.74 Å². The number of aliphatic carboxylic acids is 1. The number of nitrogens with one attached hydrogen (secondary N) is 1. The van der Waals surface area contributed by atoms with Crippen molar-refractivity contribution in [3.05, 3.63) is 0 Å². The van der Waals surface area contributed by atoms with Crippen molar-refractivity contribution in [1.82, 2.24) is 10.2 Å². The van der Waals surface area contributed by atoms with E-state index in [2.05, 4.69) is 24.1 Å². The van der Waals surface area contributed by atoms with Crippen LogP contribution < -0.4 is 5.32 Å². The van der Waals surface area contributed by atoms with Gasteiger partial charge in [-0.05, 0) is 40.8 Å². The van der Waals surface area contributed by atoms with Crippen molar-refractivity contribution in [2.24, 2.45) is 0 Å². The fourth-order valence-electron chi connectivity index (χ4n) is 1.73. The van der Waals surface area contributed by atoms with E-state index in [0.29, 0.717) is 32.6 Å². The maximum absolute atomic E-state index is 11.4. The van der Waals surface area contributed by atoms with E-state index in [1.165, 1.54) is 0 Å². The summed E-state index contributed by atoms with van der Waals surface area (Å²) in [6.45, 7) is 5.86. The number of hydrogen-bond donors (Lipinski definition) is 2. The summed E-state index contributed by atoms with van der Waals surface area (Å²) in [6, 6.07) is 0. The molecule has 0 aromatic carbocycles. The minimum Gasteiger partial charge on any atom is -0.480 e. The molecule has 1 fully saturated rings. The van der Waals surface area contributed by atoms with Gasteiger partial charge < -0.3 is 14.7 Å². The zero-order valence-corrected chi connectivity index (χ0v) is 11.2. The summed E-state index contributed by atoms with van der Waals surface area (Å²) in [7, 11) is 4.00. The van der Waals surface area contributed by atoms with Gasteiger partial charge in [-0.2, -0.15) is 0 Å². The van der Waals surface area contributed by atoms with Crippen LogP contribution in [0.25, 0.3) is 0 Å². The van der Waals surface area contributed by atoms with Crippen molar-refractivity contribution in [2.75, 3.05) is 33.9 Å².